The van der Waals surface area contributed by atoms with Gasteiger partial charge in [-0.05, 0) is 67.0 Å². The number of likely N-dealkylation sites (tertiary alicyclic amines) is 1. The molecular weight excluding hydrogens is 969 g/mol. The summed E-state index contributed by atoms with van der Waals surface area (Å²) >= 11 is 0. The summed E-state index contributed by atoms with van der Waals surface area (Å²) in [6.45, 7) is 9.30. The number of hydrogen-bond donors (Lipinski definition) is 3. The lowest BCUT2D eigenvalue weighted by Gasteiger charge is -2.49. The van der Waals surface area contributed by atoms with Gasteiger partial charge < -0.3 is 34.0 Å². The number of benzene rings is 3. The summed E-state index contributed by atoms with van der Waals surface area (Å²) in [6.07, 6.45) is -5.11. The molecular formula is C45H48N8O18Si. The molecule has 26 nitrogen and oxygen atoms in total. The standard InChI is InChI=1S/C45H48N8O18Si/c1-6-72(7-2,8-3)71-25(5)35-36-24(4)32(37(50(36)38(35)55)42(59)68-39(56)26-9-15-29(16-10-26)51(62)63)21-49-22-33(34(54)23-49)46-43(47-44(60)69-40(57)27-11-17-30(18-12-27)52(64)65)48-45(61)70-41(58)28-13-19-31(20-14-28)53(66)67/h9-20,24-25,33-36,54H,6-8,21-23H2,1-5H3,(H2,46,47,48,60,61)/t24-,25?,33+,34+,35+,36+/m0/s1. The molecule has 2 saturated heterocycles. The number of non-ortho nitro benzene ring substituents is 3. The van der Waals surface area contributed by atoms with Crippen molar-refractivity contribution in [3.63, 3.8) is 0 Å². The van der Waals surface area contributed by atoms with Gasteiger partial charge >= 0.3 is 36.1 Å². The highest BCUT2D eigenvalue weighted by molar-refractivity contribution is 6.73. The molecule has 0 radical (unpaired) electrons. The van der Waals surface area contributed by atoms with Crippen LogP contribution in [0.5, 0.6) is 0 Å². The van der Waals surface area contributed by atoms with Gasteiger partial charge in [-0.25, -0.2) is 28.8 Å². The number of hydrogen-bond acceptors (Lipinski definition) is 19. The van der Waals surface area contributed by atoms with Crippen molar-refractivity contribution in [2.75, 3.05) is 19.6 Å². The first-order valence-electron chi connectivity index (χ1n) is 22.4. The van der Waals surface area contributed by atoms with Crippen LogP contribution < -0.4 is 10.6 Å². The highest BCUT2D eigenvalue weighted by Crippen LogP contribution is 2.49. The van der Waals surface area contributed by atoms with Crippen molar-refractivity contribution in [1.29, 1.82) is 0 Å². The van der Waals surface area contributed by atoms with Gasteiger partial charge in [0, 0.05) is 62.0 Å². The largest absolute Gasteiger partial charge is 0.444 e. The summed E-state index contributed by atoms with van der Waals surface area (Å²) in [4.78, 5) is 131. The summed E-state index contributed by atoms with van der Waals surface area (Å²) in [5, 5.41) is 49.3. The molecule has 3 aromatic rings. The van der Waals surface area contributed by atoms with E-state index < -0.39 is 107 Å². The number of β-amino-alcohol motifs (C(OH)–C–C–N with tert-alkyl or cyclic N) is 1. The fourth-order valence-electron chi connectivity index (χ4n) is 8.81. The number of alkyl carbamates (subject to hydrolysis) is 1. The summed E-state index contributed by atoms with van der Waals surface area (Å²) in [5.74, 6) is -7.43. The van der Waals surface area contributed by atoms with Gasteiger partial charge in [-0.2, -0.15) is 0 Å². The Kier molecular flexibility index (Phi) is 16.5. The van der Waals surface area contributed by atoms with E-state index in [1.165, 1.54) is 4.90 Å². The number of nitro groups is 3. The van der Waals surface area contributed by atoms with E-state index in [9.17, 15) is 69.0 Å². The Morgan fingerprint density at radius 2 is 1.19 bits per heavy atom. The minimum Gasteiger partial charge on any atom is -0.413 e. The number of β-lactam (4-membered cyclic amide) rings is 1. The van der Waals surface area contributed by atoms with Gasteiger partial charge in [0.2, 0.25) is 11.9 Å². The molecule has 0 bridgehead atoms. The smallest absolute Gasteiger partial charge is 0.413 e. The zero-order valence-electron chi connectivity index (χ0n) is 39.2. The highest BCUT2D eigenvalue weighted by Gasteiger charge is 2.61. The number of fused-ring (bicyclic) bond motifs is 1. The number of carbonyl (C=O) groups is 7. The molecule has 3 aliphatic heterocycles. The molecule has 0 aromatic heterocycles. The van der Waals surface area contributed by atoms with Crippen LogP contribution in [0.15, 0.2) is 89.1 Å². The molecule has 27 heteroatoms. The lowest BCUT2D eigenvalue weighted by atomic mass is 9.77. The molecule has 0 spiro atoms. The second-order valence-corrected chi connectivity index (χ2v) is 21.7. The number of aliphatic imine (C=N–C) groups is 1. The van der Waals surface area contributed by atoms with Crippen LogP contribution in [0.4, 0.5) is 26.7 Å². The number of ether oxygens (including phenoxy) is 3. The average molecular weight is 1020 g/mol. The topological polar surface area (TPSA) is 349 Å². The van der Waals surface area contributed by atoms with Crippen molar-refractivity contribution < 1.29 is 72.1 Å². The maximum atomic E-state index is 14.1. The molecule has 72 heavy (non-hydrogen) atoms. The van der Waals surface area contributed by atoms with E-state index in [1.807, 2.05) is 33.0 Å². The van der Waals surface area contributed by atoms with Crippen molar-refractivity contribution in [1.82, 2.24) is 20.4 Å². The summed E-state index contributed by atoms with van der Waals surface area (Å²) in [7, 11) is -2.24. The number of nitro benzene ring substituents is 3. The number of carbonyl (C=O) groups excluding carboxylic acids is 7. The molecule has 3 N–H and O–H groups in total. The van der Waals surface area contributed by atoms with Crippen molar-refractivity contribution >= 4 is 73.3 Å². The van der Waals surface area contributed by atoms with Crippen LogP contribution in [0.25, 0.3) is 0 Å². The number of rotatable bonds is 16. The Balaban J connectivity index is 1.24. The first-order chi connectivity index (χ1) is 34.1. The third-order valence-corrected chi connectivity index (χ3v) is 17.6. The van der Waals surface area contributed by atoms with E-state index >= 15 is 0 Å². The highest BCUT2D eigenvalue weighted by atomic mass is 28.4. The predicted octanol–water partition coefficient (Wildman–Crippen LogP) is 4.77. The zero-order valence-corrected chi connectivity index (χ0v) is 40.2. The lowest BCUT2D eigenvalue weighted by molar-refractivity contribution is -0.385. The van der Waals surface area contributed by atoms with E-state index in [1.54, 1.807) is 11.8 Å². The van der Waals surface area contributed by atoms with E-state index in [2.05, 4.69) is 10.3 Å². The number of aliphatic hydroxyl groups is 1. The summed E-state index contributed by atoms with van der Waals surface area (Å²) in [5.41, 5.74) is -1.70. The van der Waals surface area contributed by atoms with Crippen molar-refractivity contribution in [2.24, 2.45) is 16.8 Å². The Hall–Kier alpha value is -8.14. The van der Waals surface area contributed by atoms with E-state index in [0.29, 0.717) is 5.57 Å². The molecule has 2 fully saturated rings. The summed E-state index contributed by atoms with van der Waals surface area (Å²) < 4.78 is 21.5. The van der Waals surface area contributed by atoms with E-state index in [-0.39, 0.29) is 59.1 Å². The fraction of sp³-hybridized carbons (Fsp3) is 0.378. The molecule has 380 valence electrons. The normalized spacial score (nSPS) is 20.1. The Labute approximate surface area is 409 Å². The quantitative estimate of drug-likeness (QED) is 0.0200. The minimum absolute atomic E-state index is 0.121. The first-order valence-corrected chi connectivity index (χ1v) is 24.9. The van der Waals surface area contributed by atoms with Gasteiger partial charge in [-0.1, -0.05) is 27.7 Å². The number of aliphatic hydroxyl groups excluding tert-OH is 1. The van der Waals surface area contributed by atoms with Gasteiger partial charge in [0.05, 0.1) is 61.7 Å². The molecule has 3 aliphatic rings. The van der Waals surface area contributed by atoms with Gasteiger partial charge in [0.15, 0.2) is 8.32 Å². The van der Waals surface area contributed by atoms with Crippen molar-refractivity contribution in [3.8, 4) is 0 Å². The van der Waals surface area contributed by atoms with E-state index in [0.717, 1.165) is 90.9 Å². The molecule has 3 heterocycles. The van der Waals surface area contributed by atoms with Crippen LogP contribution in [-0.4, -0.2) is 130 Å². The molecule has 1 unspecified atom stereocenters. The van der Waals surface area contributed by atoms with Crippen molar-refractivity contribution in [3.05, 3.63) is 131 Å². The first kappa shape index (κ1) is 53.2. The summed E-state index contributed by atoms with van der Waals surface area (Å²) in [6, 6.07) is 12.9. The molecule has 6 atom stereocenters. The Morgan fingerprint density at radius 3 is 1.65 bits per heavy atom. The van der Waals surface area contributed by atoms with Gasteiger partial charge in [0.1, 0.15) is 5.70 Å². The van der Waals surface area contributed by atoms with Crippen LogP contribution >= 0.6 is 0 Å². The minimum atomic E-state index is -2.24. The maximum Gasteiger partial charge on any atom is 0.444 e. The lowest BCUT2D eigenvalue weighted by Crippen LogP contribution is -2.65. The van der Waals surface area contributed by atoms with Crippen LogP contribution in [0.2, 0.25) is 18.1 Å². The van der Waals surface area contributed by atoms with Crippen LogP contribution in [-0.2, 0) is 28.2 Å². The third kappa shape index (κ3) is 11.7. The maximum absolute atomic E-state index is 14.1. The van der Waals surface area contributed by atoms with Crippen molar-refractivity contribution in [2.45, 2.75) is 77.0 Å². The second kappa shape index (κ2) is 22.3. The molecule has 3 aromatic carbocycles. The zero-order chi connectivity index (χ0) is 52.8. The number of amides is 3. The monoisotopic (exact) mass is 1020 g/mol. The molecule has 0 aliphatic carbocycles. The molecule has 6 rings (SSSR count). The SMILES string of the molecule is CC[Si](CC)(CC)OC(C)[C@H]1C(=O)N2C(C(=O)OC(=O)c3ccc([N+](=O)[O-])cc3)=C(CN3C[C@@H](O)[C@H](N/C(=N/C(=O)OC(=O)c4ccc([N+](=O)[O-])cc4)NC(=O)OC(=O)c4ccc([N+](=O)[O-])cc4)C3)[C@H](C)[C@H]12. The predicted molar refractivity (Wildman–Crippen MR) is 249 cm³/mol. The Morgan fingerprint density at radius 1 is 0.736 bits per heavy atom. The van der Waals surface area contributed by atoms with Gasteiger partial charge in [-0.15, -0.1) is 4.99 Å². The average Bonchev–Trinajstić information content (AvgIpc) is 3.81. The second-order valence-electron chi connectivity index (χ2n) is 17.0. The van der Waals surface area contributed by atoms with E-state index in [4.69, 9.17) is 18.6 Å². The number of guanidine groups is 1. The van der Waals surface area contributed by atoms with Crippen LogP contribution in [0.1, 0.15) is 65.7 Å². The third-order valence-electron chi connectivity index (χ3n) is 12.9. The number of esters is 4. The van der Waals surface area contributed by atoms with Gasteiger partial charge in [-0.3, -0.25) is 45.4 Å². The van der Waals surface area contributed by atoms with Crippen LogP contribution in [0.3, 0.4) is 0 Å². The fourth-order valence-corrected chi connectivity index (χ4v) is 11.7. The molecule has 3 amide bonds. The Bertz CT molecular complexity index is 2740. The molecule has 0 saturated carbocycles. The number of nitrogens with zero attached hydrogens (tertiary/aromatic N) is 6. The van der Waals surface area contributed by atoms with Gasteiger partial charge in [0.25, 0.3) is 17.1 Å². The number of nitrogens with one attached hydrogen (secondary N) is 2. The van der Waals surface area contributed by atoms with Crippen LogP contribution in [0, 0.1) is 42.2 Å².